The molecule has 2 aliphatic rings. The number of aromatic nitrogens is 1. The fraction of sp³-hybridized carbons (Fsp3) is 0.706. The maximum atomic E-state index is 12.7. The van der Waals surface area contributed by atoms with E-state index in [1.54, 1.807) is 0 Å². The third kappa shape index (κ3) is 2.86. The summed E-state index contributed by atoms with van der Waals surface area (Å²) in [4.78, 5) is 4.76. The lowest BCUT2D eigenvalue weighted by Gasteiger charge is -2.40. The monoisotopic (exact) mass is 321 g/mol. The Hall–Kier alpha value is -0.780. The van der Waals surface area contributed by atoms with Gasteiger partial charge in [-0.25, -0.2) is 8.93 Å². The Morgan fingerprint density at radius 3 is 2.64 bits per heavy atom. The summed E-state index contributed by atoms with van der Waals surface area (Å²) in [6.07, 6.45) is 3.23. The molecule has 2 heterocycles. The summed E-state index contributed by atoms with van der Waals surface area (Å²) in [5.41, 5.74) is 3.69. The second-order valence-corrected chi connectivity index (χ2v) is 9.71. The van der Waals surface area contributed by atoms with Gasteiger partial charge in [0.25, 0.3) is 0 Å². The fourth-order valence-electron chi connectivity index (χ4n) is 3.65. The van der Waals surface area contributed by atoms with Crippen LogP contribution in [0, 0.1) is 12.3 Å². The van der Waals surface area contributed by atoms with Gasteiger partial charge in [-0.1, -0.05) is 6.07 Å². The number of nitrogens with one attached hydrogen (secondary N) is 2. The third-order valence-corrected chi connectivity index (χ3v) is 6.53. The molecule has 0 radical (unpaired) electrons. The smallest absolute Gasteiger partial charge is 0.0976 e. The molecule has 2 atom stereocenters. The van der Waals surface area contributed by atoms with Crippen molar-refractivity contribution >= 4 is 11.0 Å². The van der Waals surface area contributed by atoms with Crippen LogP contribution in [0.5, 0.6) is 0 Å². The van der Waals surface area contributed by atoms with Gasteiger partial charge in [-0.15, -0.1) is 0 Å². The van der Waals surface area contributed by atoms with Gasteiger partial charge in [0.2, 0.25) is 0 Å². The lowest BCUT2D eigenvalue weighted by atomic mass is 9.74. The molecule has 0 bridgehead atoms. The van der Waals surface area contributed by atoms with Crippen LogP contribution >= 0.6 is 0 Å². The van der Waals surface area contributed by atoms with Gasteiger partial charge in [-0.3, -0.25) is 4.98 Å². The van der Waals surface area contributed by atoms with E-state index in [2.05, 4.69) is 22.2 Å². The van der Waals surface area contributed by atoms with Gasteiger partial charge in [0, 0.05) is 11.4 Å². The quantitative estimate of drug-likeness (QED) is 0.879. The zero-order valence-electron chi connectivity index (χ0n) is 14.0. The standard InChI is InChI=1S/C17H27N3OS/c1-12-5-6-13-14(19-12)11-17(7-9-18-10-8-17)15(13)20-22(21)16(2,3)4/h5-6,15,18,20H,7-11H2,1-4H3/t15-,22?/m0/s1. The topological polar surface area (TPSA) is 54.0 Å². The minimum Gasteiger partial charge on any atom is -0.317 e. The number of aryl methyl sites for hydroxylation is 1. The lowest BCUT2D eigenvalue weighted by Crippen LogP contribution is -2.46. The van der Waals surface area contributed by atoms with Crippen molar-refractivity contribution in [3.63, 3.8) is 0 Å². The highest BCUT2D eigenvalue weighted by Crippen LogP contribution is 2.50. The van der Waals surface area contributed by atoms with Crippen LogP contribution < -0.4 is 10.0 Å². The average Bonchev–Trinajstić information content (AvgIpc) is 2.71. The van der Waals surface area contributed by atoms with Crippen molar-refractivity contribution in [3.05, 3.63) is 29.1 Å². The van der Waals surface area contributed by atoms with Crippen molar-refractivity contribution in [1.82, 2.24) is 15.0 Å². The molecule has 1 aliphatic heterocycles. The molecule has 5 heteroatoms. The second kappa shape index (κ2) is 5.69. The Morgan fingerprint density at radius 2 is 2.00 bits per heavy atom. The van der Waals surface area contributed by atoms with E-state index in [-0.39, 0.29) is 16.2 Å². The van der Waals surface area contributed by atoms with Gasteiger partial charge in [-0.05, 0) is 77.1 Å². The molecule has 1 spiro atoms. The summed E-state index contributed by atoms with van der Waals surface area (Å²) >= 11 is 0. The van der Waals surface area contributed by atoms with E-state index in [9.17, 15) is 4.21 Å². The van der Waals surface area contributed by atoms with Crippen molar-refractivity contribution < 1.29 is 4.21 Å². The number of hydrogen-bond donors (Lipinski definition) is 2. The summed E-state index contributed by atoms with van der Waals surface area (Å²) in [7, 11) is -1.07. The lowest BCUT2D eigenvalue weighted by molar-refractivity contribution is 0.164. The summed E-state index contributed by atoms with van der Waals surface area (Å²) in [5, 5.41) is 3.45. The zero-order valence-corrected chi connectivity index (χ0v) is 14.8. The third-order valence-electron chi connectivity index (χ3n) is 4.97. The summed E-state index contributed by atoms with van der Waals surface area (Å²) in [6, 6.07) is 4.41. The molecular formula is C17H27N3OS. The van der Waals surface area contributed by atoms with Gasteiger partial charge in [0.1, 0.15) is 0 Å². The fourth-order valence-corrected chi connectivity index (χ4v) is 4.60. The van der Waals surface area contributed by atoms with Crippen LogP contribution in [0.25, 0.3) is 0 Å². The number of fused-ring (bicyclic) bond motifs is 1. The molecule has 3 rings (SSSR count). The number of piperidine rings is 1. The molecule has 1 aromatic rings. The highest BCUT2D eigenvalue weighted by molar-refractivity contribution is 7.84. The largest absolute Gasteiger partial charge is 0.317 e. The van der Waals surface area contributed by atoms with Gasteiger partial charge >= 0.3 is 0 Å². The minimum atomic E-state index is -1.07. The summed E-state index contributed by atoms with van der Waals surface area (Å²) in [6.45, 7) is 10.2. The van der Waals surface area contributed by atoms with E-state index in [1.807, 2.05) is 27.7 Å². The molecule has 1 aromatic heterocycles. The highest BCUT2D eigenvalue weighted by Gasteiger charge is 2.48. The number of pyridine rings is 1. The van der Waals surface area contributed by atoms with Crippen molar-refractivity contribution in [1.29, 1.82) is 0 Å². The van der Waals surface area contributed by atoms with Crippen molar-refractivity contribution in [2.24, 2.45) is 5.41 Å². The molecule has 0 saturated carbocycles. The molecule has 0 amide bonds. The van der Waals surface area contributed by atoms with Crippen LogP contribution in [0.15, 0.2) is 12.1 Å². The molecule has 1 fully saturated rings. The number of hydrogen-bond acceptors (Lipinski definition) is 3. The normalized spacial score (nSPS) is 25.2. The van der Waals surface area contributed by atoms with E-state index in [0.29, 0.717) is 0 Å². The Balaban J connectivity index is 1.96. The maximum absolute atomic E-state index is 12.7. The molecule has 0 aromatic carbocycles. The van der Waals surface area contributed by atoms with Crippen LogP contribution in [-0.2, 0) is 17.4 Å². The molecule has 2 N–H and O–H groups in total. The molecule has 122 valence electrons. The van der Waals surface area contributed by atoms with Crippen LogP contribution in [0.3, 0.4) is 0 Å². The van der Waals surface area contributed by atoms with Gasteiger partial charge in [0.05, 0.1) is 21.8 Å². The summed E-state index contributed by atoms with van der Waals surface area (Å²) in [5.74, 6) is 0. The Morgan fingerprint density at radius 1 is 1.32 bits per heavy atom. The van der Waals surface area contributed by atoms with E-state index < -0.39 is 11.0 Å². The number of rotatable bonds is 2. The predicted octanol–water partition coefficient (Wildman–Crippen LogP) is 2.41. The van der Waals surface area contributed by atoms with Crippen molar-refractivity contribution in [3.8, 4) is 0 Å². The Labute approximate surface area is 136 Å². The molecule has 4 nitrogen and oxygen atoms in total. The first-order valence-electron chi connectivity index (χ1n) is 8.17. The SMILES string of the molecule is Cc1ccc2c(n1)CC1(CCNCC1)[C@H]2NS(=O)C(C)(C)C. The molecule has 1 unspecified atom stereocenters. The molecule has 22 heavy (non-hydrogen) atoms. The molecule has 1 saturated heterocycles. The number of nitrogens with zero attached hydrogens (tertiary/aromatic N) is 1. The first kappa shape index (κ1) is 16.1. The zero-order chi connectivity index (χ0) is 16.0. The first-order chi connectivity index (χ1) is 10.3. The summed E-state index contributed by atoms with van der Waals surface area (Å²) < 4.78 is 15.9. The second-order valence-electron chi connectivity index (χ2n) is 7.71. The van der Waals surface area contributed by atoms with Crippen LogP contribution in [0.1, 0.15) is 56.6 Å². The molecular weight excluding hydrogens is 294 g/mol. The van der Waals surface area contributed by atoms with Gasteiger partial charge < -0.3 is 5.32 Å². The van der Waals surface area contributed by atoms with E-state index in [0.717, 1.165) is 38.0 Å². The molecule has 1 aliphatic carbocycles. The van der Waals surface area contributed by atoms with Crippen molar-refractivity contribution in [2.45, 2.75) is 57.7 Å². The average molecular weight is 321 g/mol. The maximum Gasteiger partial charge on any atom is 0.0976 e. The van der Waals surface area contributed by atoms with E-state index >= 15 is 0 Å². The van der Waals surface area contributed by atoms with Crippen molar-refractivity contribution in [2.75, 3.05) is 13.1 Å². The van der Waals surface area contributed by atoms with Gasteiger partial charge in [0.15, 0.2) is 0 Å². The Kier molecular flexibility index (Phi) is 4.16. The minimum absolute atomic E-state index is 0.151. The van der Waals surface area contributed by atoms with E-state index in [1.165, 1.54) is 11.3 Å². The van der Waals surface area contributed by atoms with Crippen LogP contribution in [-0.4, -0.2) is 27.0 Å². The van der Waals surface area contributed by atoms with Crippen LogP contribution in [0.2, 0.25) is 0 Å². The van der Waals surface area contributed by atoms with Gasteiger partial charge in [-0.2, -0.15) is 0 Å². The highest BCUT2D eigenvalue weighted by atomic mass is 32.2. The van der Waals surface area contributed by atoms with E-state index in [4.69, 9.17) is 4.98 Å². The Bertz CT molecular complexity index is 588. The van der Waals surface area contributed by atoms with Crippen LogP contribution in [0.4, 0.5) is 0 Å². The first-order valence-corrected chi connectivity index (χ1v) is 9.32. The predicted molar refractivity (Wildman–Crippen MR) is 91.0 cm³/mol.